The summed E-state index contributed by atoms with van der Waals surface area (Å²) in [6.07, 6.45) is 7.94. The summed E-state index contributed by atoms with van der Waals surface area (Å²) < 4.78 is 6.38. The first-order valence-corrected chi connectivity index (χ1v) is 13.0. The Labute approximate surface area is 220 Å². The number of aromatic nitrogens is 3. The van der Waals surface area contributed by atoms with Gasteiger partial charge in [-0.05, 0) is 68.7 Å². The average molecular weight is 517 g/mol. The summed E-state index contributed by atoms with van der Waals surface area (Å²) in [7, 11) is 1.35. The number of nitrogens with zero attached hydrogens (tertiary/aromatic N) is 4. The summed E-state index contributed by atoms with van der Waals surface area (Å²) in [5.41, 5.74) is 9.90. The molecular formula is C27H32N8O3. The Kier molecular flexibility index (Phi) is 7.42. The number of anilines is 1. The number of ether oxygens (including phenoxy) is 1. The number of nitrogens with one attached hydrogen (secondary N) is 3. The maximum Gasteiger partial charge on any atom is 0.406 e. The summed E-state index contributed by atoms with van der Waals surface area (Å²) in [4.78, 5) is 29.3. The fraction of sp³-hybridized carbons (Fsp3) is 0.444. The molecule has 0 unspecified atom stereocenters. The van der Waals surface area contributed by atoms with E-state index in [1.165, 1.54) is 13.3 Å². The fourth-order valence-electron chi connectivity index (χ4n) is 5.22. The van der Waals surface area contributed by atoms with Gasteiger partial charge in [-0.25, -0.2) is 9.31 Å². The number of carbonyl (C=O) groups excluding carboxylic acids is 2. The topological polar surface area (TPSA) is 159 Å². The molecule has 3 aromatic heterocycles. The van der Waals surface area contributed by atoms with Gasteiger partial charge in [0.2, 0.25) is 0 Å². The third-order valence-corrected chi connectivity index (χ3v) is 7.46. The van der Waals surface area contributed by atoms with Crippen LogP contribution < -0.4 is 21.7 Å². The zero-order chi connectivity index (χ0) is 26.6. The number of alkyl carbamates (subject to hydrolysis) is 1. The number of fused-ring (bicyclic) bond motifs is 1. The number of methoxy groups -OCH3 is 1. The van der Waals surface area contributed by atoms with Gasteiger partial charge in [-0.3, -0.25) is 9.78 Å². The van der Waals surface area contributed by atoms with Crippen molar-refractivity contribution in [2.75, 3.05) is 19.0 Å². The molecule has 11 nitrogen and oxygen atoms in total. The minimum Gasteiger partial charge on any atom is -0.453 e. The number of amides is 2. The van der Waals surface area contributed by atoms with Crippen LogP contribution in [0.3, 0.4) is 0 Å². The minimum atomic E-state index is -0.433. The lowest BCUT2D eigenvalue weighted by molar-refractivity contribution is 0.0926. The van der Waals surface area contributed by atoms with Crippen LogP contribution in [0.5, 0.6) is 0 Å². The normalized spacial score (nSPS) is 22.7. The fourth-order valence-corrected chi connectivity index (χ4v) is 5.22. The molecule has 2 saturated carbocycles. The maximum atomic E-state index is 13.3. The predicted octanol–water partition coefficient (Wildman–Crippen LogP) is 2.81. The first-order chi connectivity index (χ1) is 18.4. The summed E-state index contributed by atoms with van der Waals surface area (Å²) >= 11 is 0. The Morgan fingerprint density at radius 1 is 1.16 bits per heavy atom. The molecule has 0 saturated heterocycles. The van der Waals surface area contributed by atoms with Crippen molar-refractivity contribution in [3.8, 4) is 17.5 Å². The van der Waals surface area contributed by atoms with E-state index in [1.807, 2.05) is 18.2 Å². The molecular weight excluding hydrogens is 484 g/mol. The first-order valence-electron chi connectivity index (χ1n) is 13.0. The molecule has 5 rings (SSSR count). The van der Waals surface area contributed by atoms with Crippen LogP contribution in [0.1, 0.15) is 54.4 Å². The van der Waals surface area contributed by atoms with E-state index in [0.29, 0.717) is 35.0 Å². The zero-order valence-corrected chi connectivity index (χ0v) is 21.3. The van der Waals surface area contributed by atoms with Crippen molar-refractivity contribution in [3.63, 3.8) is 0 Å². The van der Waals surface area contributed by atoms with E-state index < -0.39 is 6.09 Å². The van der Waals surface area contributed by atoms with Crippen LogP contribution in [0.25, 0.3) is 16.9 Å². The molecule has 5 N–H and O–H groups in total. The molecule has 2 amide bonds. The van der Waals surface area contributed by atoms with E-state index in [1.54, 1.807) is 16.8 Å². The van der Waals surface area contributed by atoms with Crippen LogP contribution in [-0.2, 0) is 4.74 Å². The second-order valence-electron chi connectivity index (χ2n) is 10.2. The Hall–Kier alpha value is -4.17. The Morgan fingerprint density at radius 2 is 1.95 bits per heavy atom. The average Bonchev–Trinajstić information content (AvgIpc) is 3.34. The van der Waals surface area contributed by atoms with Gasteiger partial charge in [-0.15, -0.1) is 0 Å². The van der Waals surface area contributed by atoms with E-state index in [2.05, 4.69) is 36.8 Å². The van der Waals surface area contributed by atoms with Gasteiger partial charge in [0.05, 0.1) is 47.0 Å². The first kappa shape index (κ1) is 25.5. The molecule has 38 heavy (non-hydrogen) atoms. The highest BCUT2D eigenvalue weighted by molar-refractivity contribution is 6.00. The van der Waals surface area contributed by atoms with Gasteiger partial charge in [-0.2, -0.15) is 10.4 Å². The zero-order valence-electron chi connectivity index (χ0n) is 21.3. The van der Waals surface area contributed by atoms with Crippen LogP contribution >= 0.6 is 0 Å². The summed E-state index contributed by atoms with van der Waals surface area (Å²) in [5, 5.41) is 23.0. The molecule has 0 atom stereocenters. The van der Waals surface area contributed by atoms with E-state index in [-0.39, 0.29) is 24.0 Å². The van der Waals surface area contributed by atoms with Crippen LogP contribution in [0.2, 0.25) is 0 Å². The van der Waals surface area contributed by atoms with Gasteiger partial charge >= 0.3 is 6.09 Å². The number of nitrogens with two attached hydrogens (primary N) is 1. The highest BCUT2D eigenvalue weighted by Crippen LogP contribution is 2.33. The van der Waals surface area contributed by atoms with E-state index >= 15 is 0 Å². The monoisotopic (exact) mass is 516 g/mol. The predicted molar refractivity (Wildman–Crippen MR) is 141 cm³/mol. The standard InChI is InChI=1S/C27H32N8O3/c1-38-27(37)31-13-16-8-20(9-16)33-23-11-24(25-7-6-21-10-17(12-28)14-32-35(21)25)30-15-22(23)26(36)34-19-4-2-18(29)3-5-19/h6-7,10-11,14-16,18-20H,2-5,8-9,13,29H2,1H3,(H,30,33)(H,31,37)(H,34,36). The van der Waals surface area contributed by atoms with Crippen molar-refractivity contribution in [2.24, 2.45) is 11.7 Å². The number of nitriles is 1. The molecule has 0 bridgehead atoms. The van der Waals surface area contributed by atoms with Crippen molar-refractivity contribution < 1.29 is 14.3 Å². The molecule has 3 heterocycles. The van der Waals surface area contributed by atoms with Crippen LogP contribution in [0.15, 0.2) is 36.7 Å². The second-order valence-corrected chi connectivity index (χ2v) is 10.2. The van der Waals surface area contributed by atoms with Crippen molar-refractivity contribution in [1.29, 1.82) is 5.26 Å². The number of carbonyl (C=O) groups is 2. The van der Waals surface area contributed by atoms with Gasteiger partial charge in [0, 0.05) is 30.9 Å². The van der Waals surface area contributed by atoms with Crippen LogP contribution in [-0.4, -0.2) is 58.4 Å². The van der Waals surface area contributed by atoms with Crippen molar-refractivity contribution >= 4 is 23.2 Å². The number of rotatable bonds is 7. The van der Waals surface area contributed by atoms with E-state index in [0.717, 1.165) is 49.7 Å². The molecule has 3 aromatic rings. The lowest BCUT2D eigenvalue weighted by Crippen LogP contribution is -2.43. The molecule has 0 radical (unpaired) electrons. The summed E-state index contributed by atoms with van der Waals surface area (Å²) in [6.45, 7) is 0.552. The summed E-state index contributed by atoms with van der Waals surface area (Å²) in [6, 6.07) is 10.0. The van der Waals surface area contributed by atoms with Gasteiger partial charge in [0.1, 0.15) is 6.07 Å². The number of pyridine rings is 1. The van der Waals surface area contributed by atoms with Crippen LogP contribution in [0.4, 0.5) is 10.5 Å². The quantitative estimate of drug-likeness (QED) is 0.373. The number of hydrogen-bond acceptors (Lipinski definition) is 8. The Morgan fingerprint density at radius 3 is 2.68 bits per heavy atom. The number of hydrogen-bond donors (Lipinski definition) is 4. The molecule has 11 heteroatoms. The van der Waals surface area contributed by atoms with E-state index in [4.69, 9.17) is 5.73 Å². The van der Waals surface area contributed by atoms with Gasteiger partial charge in [0.15, 0.2) is 0 Å². The molecule has 0 aliphatic heterocycles. The van der Waals surface area contributed by atoms with Gasteiger partial charge in [0.25, 0.3) is 5.91 Å². The molecule has 2 aliphatic rings. The lowest BCUT2D eigenvalue weighted by Gasteiger charge is -2.37. The third kappa shape index (κ3) is 5.55. The van der Waals surface area contributed by atoms with Crippen molar-refractivity contribution in [2.45, 2.75) is 56.7 Å². The highest BCUT2D eigenvalue weighted by Gasteiger charge is 2.31. The van der Waals surface area contributed by atoms with Crippen LogP contribution in [0, 0.1) is 17.2 Å². The largest absolute Gasteiger partial charge is 0.453 e. The van der Waals surface area contributed by atoms with E-state index in [9.17, 15) is 14.9 Å². The third-order valence-electron chi connectivity index (χ3n) is 7.46. The molecule has 0 aromatic carbocycles. The van der Waals surface area contributed by atoms with Crippen molar-refractivity contribution in [1.82, 2.24) is 25.2 Å². The highest BCUT2D eigenvalue weighted by atomic mass is 16.5. The van der Waals surface area contributed by atoms with Gasteiger partial charge < -0.3 is 26.4 Å². The molecule has 0 spiro atoms. The Bertz CT molecular complexity index is 1370. The SMILES string of the molecule is COC(=O)NCC1CC(Nc2cc(-c3ccc4cc(C#N)cnn34)ncc2C(=O)NC2CCC(N)CC2)C1. The summed E-state index contributed by atoms with van der Waals surface area (Å²) in [5.74, 6) is 0.178. The maximum absolute atomic E-state index is 13.3. The lowest BCUT2D eigenvalue weighted by atomic mass is 9.80. The molecule has 2 aliphatic carbocycles. The minimum absolute atomic E-state index is 0.0976. The Balaban J connectivity index is 1.37. The molecule has 2 fully saturated rings. The smallest absolute Gasteiger partial charge is 0.406 e. The second kappa shape index (κ2) is 11.1. The van der Waals surface area contributed by atoms with Crippen molar-refractivity contribution in [3.05, 3.63) is 47.8 Å². The van der Waals surface area contributed by atoms with Gasteiger partial charge in [-0.1, -0.05) is 0 Å². The molecule has 198 valence electrons.